The second-order valence-corrected chi connectivity index (χ2v) is 7.74. The van der Waals surface area contributed by atoms with Gasteiger partial charge in [0.05, 0.1) is 0 Å². The van der Waals surface area contributed by atoms with Gasteiger partial charge in [-0.25, -0.2) is 0 Å². The molecular weight excluding hydrogens is 324 g/mol. The van der Waals surface area contributed by atoms with Crippen LogP contribution >= 0.6 is 0 Å². The fourth-order valence-electron chi connectivity index (χ4n) is 3.62. The second-order valence-electron chi connectivity index (χ2n) is 7.74. The molecule has 0 unspecified atom stereocenters. The maximum absolute atomic E-state index is 2.35. The Balaban J connectivity index is 1.85. The molecule has 0 saturated heterocycles. The van der Waals surface area contributed by atoms with Gasteiger partial charge in [-0.1, -0.05) is 77.4 Å². The number of allylic oxidation sites excluding steroid dienone is 4. The van der Waals surface area contributed by atoms with E-state index in [-0.39, 0.29) is 0 Å². The summed E-state index contributed by atoms with van der Waals surface area (Å²) < 4.78 is 0. The number of hydrogen-bond donors (Lipinski definition) is 0. The first kappa shape index (κ1) is 17.5. The highest BCUT2D eigenvalue weighted by molar-refractivity contribution is 5.81. The highest BCUT2D eigenvalue weighted by Crippen LogP contribution is 2.34. The fourth-order valence-corrected chi connectivity index (χ4v) is 3.62. The standard InChI is InChI=1S/C27H26/c1-19-4-10-22(11-5-19)25-16-26(23-12-6-20(2)7-13-23)18-27(17-25)24-14-8-21(3)9-15-24/h4-8,10-14,16-18H,9,15H2,1-3H3. The van der Waals surface area contributed by atoms with Crippen LogP contribution in [0.5, 0.6) is 0 Å². The summed E-state index contributed by atoms with van der Waals surface area (Å²) >= 11 is 0. The molecule has 0 bridgehead atoms. The molecule has 27 heavy (non-hydrogen) atoms. The van der Waals surface area contributed by atoms with Crippen LogP contribution in [0.15, 0.2) is 84.5 Å². The Bertz CT molecular complexity index is 949. The van der Waals surface area contributed by atoms with Gasteiger partial charge in [-0.3, -0.25) is 0 Å². The van der Waals surface area contributed by atoms with Crippen molar-refractivity contribution in [2.45, 2.75) is 33.6 Å². The Labute approximate surface area is 162 Å². The Morgan fingerprint density at radius 2 is 0.963 bits per heavy atom. The summed E-state index contributed by atoms with van der Waals surface area (Å²) in [6, 6.07) is 24.7. The third-order valence-corrected chi connectivity index (χ3v) is 5.43. The topological polar surface area (TPSA) is 0 Å². The first-order valence-electron chi connectivity index (χ1n) is 9.74. The van der Waals surface area contributed by atoms with Gasteiger partial charge >= 0.3 is 0 Å². The molecule has 0 heteroatoms. The number of aryl methyl sites for hydroxylation is 2. The van der Waals surface area contributed by atoms with Crippen molar-refractivity contribution in [1.82, 2.24) is 0 Å². The van der Waals surface area contributed by atoms with E-state index in [0.29, 0.717) is 0 Å². The van der Waals surface area contributed by atoms with Crippen molar-refractivity contribution >= 4 is 5.57 Å². The Hall–Kier alpha value is -2.86. The van der Waals surface area contributed by atoms with E-state index >= 15 is 0 Å². The van der Waals surface area contributed by atoms with Crippen molar-refractivity contribution in [2.24, 2.45) is 0 Å². The minimum atomic E-state index is 1.12. The van der Waals surface area contributed by atoms with Gasteiger partial charge < -0.3 is 0 Å². The molecule has 0 aliphatic heterocycles. The van der Waals surface area contributed by atoms with Gasteiger partial charge in [0.25, 0.3) is 0 Å². The molecule has 0 radical (unpaired) electrons. The first-order chi connectivity index (χ1) is 13.1. The predicted octanol–water partition coefficient (Wildman–Crippen LogP) is 7.76. The predicted molar refractivity (Wildman–Crippen MR) is 118 cm³/mol. The van der Waals surface area contributed by atoms with Crippen molar-refractivity contribution in [3.05, 3.63) is 101 Å². The van der Waals surface area contributed by atoms with E-state index in [1.54, 1.807) is 0 Å². The smallest absolute Gasteiger partial charge is 0.0172 e. The quantitative estimate of drug-likeness (QED) is 0.453. The van der Waals surface area contributed by atoms with Gasteiger partial charge in [0.1, 0.15) is 0 Å². The van der Waals surface area contributed by atoms with Crippen molar-refractivity contribution in [3.8, 4) is 22.3 Å². The lowest BCUT2D eigenvalue weighted by atomic mass is 9.89. The van der Waals surface area contributed by atoms with Crippen LogP contribution in [0.4, 0.5) is 0 Å². The number of hydrogen-bond acceptors (Lipinski definition) is 0. The molecule has 0 N–H and O–H groups in total. The molecule has 1 aliphatic rings. The number of rotatable bonds is 3. The van der Waals surface area contributed by atoms with E-state index in [1.807, 2.05) is 0 Å². The van der Waals surface area contributed by atoms with Gasteiger partial charge in [0.2, 0.25) is 0 Å². The molecule has 4 rings (SSSR count). The summed E-state index contributed by atoms with van der Waals surface area (Å²) in [5, 5.41) is 0. The summed E-state index contributed by atoms with van der Waals surface area (Å²) in [4.78, 5) is 0. The van der Waals surface area contributed by atoms with E-state index in [9.17, 15) is 0 Å². The van der Waals surface area contributed by atoms with Crippen LogP contribution in [0, 0.1) is 13.8 Å². The SMILES string of the molecule is CC1=CC=C(c2cc(-c3ccc(C)cc3)cc(-c3ccc(C)cc3)c2)CC1. The summed E-state index contributed by atoms with van der Waals surface area (Å²) in [7, 11) is 0. The molecule has 0 saturated carbocycles. The Morgan fingerprint density at radius 1 is 0.481 bits per heavy atom. The molecule has 3 aromatic carbocycles. The second kappa shape index (κ2) is 7.40. The molecule has 1 aliphatic carbocycles. The van der Waals surface area contributed by atoms with Crippen LogP contribution in [0.2, 0.25) is 0 Å². The lowest BCUT2D eigenvalue weighted by molar-refractivity contribution is 0.977. The maximum Gasteiger partial charge on any atom is -0.0172 e. The summed E-state index contributed by atoms with van der Waals surface area (Å²) in [5.41, 5.74) is 12.0. The van der Waals surface area contributed by atoms with Crippen molar-refractivity contribution in [2.75, 3.05) is 0 Å². The highest BCUT2D eigenvalue weighted by Gasteiger charge is 2.11. The fraction of sp³-hybridized carbons (Fsp3) is 0.185. The summed E-state index contributed by atoms with van der Waals surface area (Å²) in [5.74, 6) is 0. The summed E-state index contributed by atoms with van der Waals surface area (Å²) in [6.07, 6.45) is 6.84. The molecule has 134 valence electrons. The van der Waals surface area contributed by atoms with Gasteiger partial charge in [-0.2, -0.15) is 0 Å². The molecule has 0 fully saturated rings. The average molecular weight is 351 g/mol. The van der Waals surface area contributed by atoms with E-state index < -0.39 is 0 Å². The molecule has 3 aromatic rings. The average Bonchev–Trinajstić information content (AvgIpc) is 2.69. The van der Waals surface area contributed by atoms with Crippen LogP contribution in [0.25, 0.3) is 27.8 Å². The monoisotopic (exact) mass is 350 g/mol. The van der Waals surface area contributed by atoms with Crippen molar-refractivity contribution < 1.29 is 0 Å². The molecule has 0 spiro atoms. The van der Waals surface area contributed by atoms with E-state index in [4.69, 9.17) is 0 Å². The van der Waals surface area contributed by atoms with Crippen molar-refractivity contribution in [3.63, 3.8) is 0 Å². The molecule has 0 atom stereocenters. The third kappa shape index (κ3) is 3.95. The normalized spacial score (nSPS) is 13.9. The zero-order valence-electron chi connectivity index (χ0n) is 16.4. The number of benzene rings is 3. The minimum absolute atomic E-state index is 1.12. The van der Waals surface area contributed by atoms with Gasteiger partial charge in [-0.05, 0) is 85.2 Å². The van der Waals surface area contributed by atoms with Crippen LogP contribution in [0.1, 0.15) is 36.5 Å². The largest absolute Gasteiger partial charge is 0.0730 e. The van der Waals surface area contributed by atoms with E-state index in [1.165, 1.54) is 50.1 Å². The van der Waals surface area contributed by atoms with Crippen LogP contribution < -0.4 is 0 Å². The van der Waals surface area contributed by atoms with E-state index in [0.717, 1.165) is 12.8 Å². The van der Waals surface area contributed by atoms with Crippen LogP contribution in [-0.4, -0.2) is 0 Å². The van der Waals surface area contributed by atoms with Gasteiger partial charge in [-0.15, -0.1) is 0 Å². The van der Waals surface area contributed by atoms with Gasteiger partial charge in [0, 0.05) is 0 Å². The van der Waals surface area contributed by atoms with E-state index in [2.05, 4.69) is 99.7 Å². The van der Waals surface area contributed by atoms with Crippen LogP contribution in [0.3, 0.4) is 0 Å². The zero-order valence-corrected chi connectivity index (χ0v) is 16.4. The minimum Gasteiger partial charge on any atom is -0.0730 e. The lowest BCUT2D eigenvalue weighted by Crippen LogP contribution is -1.93. The Kier molecular flexibility index (Phi) is 4.81. The van der Waals surface area contributed by atoms with Gasteiger partial charge in [0.15, 0.2) is 0 Å². The van der Waals surface area contributed by atoms with Crippen molar-refractivity contribution in [1.29, 1.82) is 0 Å². The molecule has 0 amide bonds. The maximum atomic E-state index is 2.35. The van der Waals surface area contributed by atoms with Crippen LogP contribution in [-0.2, 0) is 0 Å². The zero-order chi connectivity index (χ0) is 18.8. The summed E-state index contributed by atoms with van der Waals surface area (Å²) in [6.45, 7) is 6.49. The Morgan fingerprint density at radius 3 is 1.41 bits per heavy atom. The molecular formula is C27H26. The molecule has 0 heterocycles. The lowest BCUT2D eigenvalue weighted by Gasteiger charge is -2.16. The third-order valence-electron chi connectivity index (χ3n) is 5.43. The highest BCUT2D eigenvalue weighted by atomic mass is 14.2. The molecule has 0 nitrogen and oxygen atoms in total. The molecule has 0 aromatic heterocycles. The first-order valence-corrected chi connectivity index (χ1v) is 9.74.